The van der Waals surface area contributed by atoms with Gasteiger partial charge in [0, 0.05) is 17.8 Å². The van der Waals surface area contributed by atoms with E-state index in [1.165, 1.54) is 12.8 Å². The third-order valence-electron chi connectivity index (χ3n) is 6.19. The zero-order valence-corrected chi connectivity index (χ0v) is 17.7. The molecule has 2 aliphatic rings. The summed E-state index contributed by atoms with van der Waals surface area (Å²) in [4.78, 5) is 18.5. The summed E-state index contributed by atoms with van der Waals surface area (Å²) in [5.41, 5.74) is 1.69. The minimum atomic E-state index is -0.976. The van der Waals surface area contributed by atoms with Crippen LogP contribution in [0.1, 0.15) is 59.6 Å². The molecule has 2 N–H and O–H groups in total. The van der Waals surface area contributed by atoms with Crippen LogP contribution in [0.3, 0.4) is 0 Å². The van der Waals surface area contributed by atoms with Crippen LogP contribution in [0.15, 0.2) is 65.2 Å². The van der Waals surface area contributed by atoms with Crippen LogP contribution in [-0.2, 0) is 0 Å². The molecule has 1 aromatic carbocycles. The molecule has 31 heavy (non-hydrogen) atoms. The summed E-state index contributed by atoms with van der Waals surface area (Å²) >= 11 is 5.75. The molecule has 5 rings (SSSR count). The van der Waals surface area contributed by atoms with E-state index in [9.17, 15) is 9.90 Å². The molecule has 2 fully saturated rings. The monoisotopic (exact) mass is 433 g/mol. The van der Waals surface area contributed by atoms with Crippen molar-refractivity contribution in [2.45, 2.75) is 43.8 Å². The van der Waals surface area contributed by atoms with Gasteiger partial charge in [-0.05, 0) is 55.4 Å². The Morgan fingerprint density at radius 2 is 1.87 bits per heavy atom. The van der Waals surface area contributed by atoms with Crippen LogP contribution in [0, 0.1) is 0 Å². The zero-order valence-electron chi connectivity index (χ0n) is 16.9. The van der Waals surface area contributed by atoms with Gasteiger partial charge in [0.25, 0.3) is 0 Å². The Hall–Kier alpha value is -3.19. The van der Waals surface area contributed by atoms with Crippen LogP contribution in [0.2, 0.25) is 0 Å². The Kier molecular flexibility index (Phi) is 5.19. The topological polar surface area (TPSA) is 78.6 Å². The standard InChI is InChI=1S/C24H23N3O3S/c28-23(29)17-10-4-3-9-16(17)19-12-13-20(30-19)22-21(18-11-5-6-14-25-18)26-24(31)27(22)15-7-1-2-8-15/h3-6,9-15,21-22H,1-2,7-8H2,(H,26,31)(H,28,29)/t21-,22+/m1/s1. The number of hydrogen-bond donors (Lipinski definition) is 2. The second-order valence-electron chi connectivity index (χ2n) is 8.02. The van der Waals surface area contributed by atoms with Crippen LogP contribution in [0.5, 0.6) is 0 Å². The number of carboxylic acid groups (broad SMARTS) is 1. The fourth-order valence-corrected chi connectivity index (χ4v) is 5.18. The number of aromatic carboxylic acids is 1. The maximum atomic E-state index is 11.7. The summed E-state index contributed by atoms with van der Waals surface area (Å²) in [5.74, 6) is 0.318. The van der Waals surface area contributed by atoms with Gasteiger partial charge in [0.2, 0.25) is 0 Å². The molecule has 1 saturated carbocycles. The first-order valence-corrected chi connectivity index (χ1v) is 11.0. The van der Waals surface area contributed by atoms with Gasteiger partial charge in [-0.2, -0.15) is 0 Å². The molecule has 0 spiro atoms. The first-order valence-electron chi connectivity index (χ1n) is 10.6. The molecule has 3 aromatic rings. The maximum Gasteiger partial charge on any atom is 0.336 e. The molecule has 3 heterocycles. The number of nitrogens with one attached hydrogen (secondary N) is 1. The summed E-state index contributed by atoms with van der Waals surface area (Å²) in [5, 5.41) is 13.8. The highest BCUT2D eigenvalue weighted by molar-refractivity contribution is 7.80. The average Bonchev–Trinajstić information content (AvgIpc) is 3.54. The van der Waals surface area contributed by atoms with Gasteiger partial charge in [-0.1, -0.05) is 37.1 Å². The van der Waals surface area contributed by atoms with Gasteiger partial charge in [-0.15, -0.1) is 0 Å². The number of benzene rings is 1. The molecule has 0 unspecified atom stereocenters. The highest BCUT2D eigenvalue weighted by Crippen LogP contribution is 2.44. The molecular formula is C24H23N3O3S. The van der Waals surface area contributed by atoms with E-state index in [0.29, 0.717) is 17.4 Å². The van der Waals surface area contributed by atoms with E-state index in [1.54, 1.807) is 24.4 Å². The molecule has 0 amide bonds. The Morgan fingerprint density at radius 1 is 1.10 bits per heavy atom. The third-order valence-corrected chi connectivity index (χ3v) is 6.52. The predicted molar refractivity (Wildman–Crippen MR) is 121 cm³/mol. The summed E-state index contributed by atoms with van der Waals surface area (Å²) in [6, 6.07) is 16.6. The number of carbonyl (C=O) groups is 1. The molecular weight excluding hydrogens is 410 g/mol. The van der Waals surface area contributed by atoms with Crippen molar-refractivity contribution in [3.8, 4) is 11.3 Å². The predicted octanol–water partition coefficient (Wildman–Crippen LogP) is 4.95. The first-order chi connectivity index (χ1) is 15.1. The van der Waals surface area contributed by atoms with Crippen molar-refractivity contribution in [3.63, 3.8) is 0 Å². The number of aromatic nitrogens is 1. The quantitative estimate of drug-likeness (QED) is 0.551. The van der Waals surface area contributed by atoms with Crippen molar-refractivity contribution in [2.75, 3.05) is 0 Å². The van der Waals surface area contributed by atoms with E-state index in [0.717, 1.165) is 29.4 Å². The fraction of sp³-hybridized carbons (Fsp3) is 0.292. The molecule has 1 aliphatic heterocycles. The van der Waals surface area contributed by atoms with E-state index < -0.39 is 5.97 Å². The second kappa shape index (κ2) is 8.15. The van der Waals surface area contributed by atoms with Crippen molar-refractivity contribution in [1.82, 2.24) is 15.2 Å². The van der Waals surface area contributed by atoms with Gasteiger partial charge in [0.15, 0.2) is 5.11 Å². The van der Waals surface area contributed by atoms with Crippen molar-refractivity contribution >= 4 is 23.3 Å². The lowest BCUT2D eigenvalue weighted by Gasteiger charge is -2.31. The highest BCUT2D eigenvalue weighted by Gasteiger charge is 2.45. The molecule has 2 aromatic heterocycles. The van der Waals surface area contributed by atoms with E-state index in [1.807, 2.05) is 36.4 Å². The highest BCUT2D eigenvalue weighted by atomic mass is 32.1. The number of nitrogens with zero attached hydrogens (tertiary/aromatic N) is 2. The minimum absolute atomic E-state index is 0.136. The normalized spacial score (nSPS) is 21.4. The van der Waals surface area contributed by atoms with Crippen LogP contribution in [0.25, 0.3) is 11.3 Å². The van der Waals surface area contributed by atoms with Gasteiger partial charge in [0.05, 0.1) is 17.3 Å². The van der Waals surface area contributed by atoms with E-state index in [2.05, 4.69) is 15.2 Å². The Labute approximate surface area is 185 Å². The molecule has 2 atom stereocenters. The lowest BCUT2D eigenvalue weighted by atomic mass is 10.0. The lowest BCUT2D eigenvalue weighted by molar-refractivity contribution is 0.0697. The third kappa shape index (κ3) is 3.59. The van der Waals surface area contributed by atoms with Crippen LogP contribution >= 0.6 is 12.2 Å². The molecule has 158 valence electrons. The largest absolute Gasteiger partial charge is 0.478 e. The Morgan fingerprint density at radius 3 is 2.61 bits per heavy atom. The van der Waals surface area contributed by atoms with Gasteiger partial charge in [-0.3, -0.25) is 4.98 Å². The van der Waals surface area contributed by atoms with Crippen molar-refractivity contribution in [3.05, 3.63) is 77.8 Å². The van der Waals surface area contributed by atoms with Gasteiger partial charge >= 0.3 is 5.97 Å². The van der Waals surface area contributed by atoms with Gasteiger partial charge in [0.1, 0.15) is 17.6 Å². The average molecular weight is 434 g/mol. The summed E-state index contributed by atoms with van der Waals surface area (Å²) < 4.78 is 6.30. The van der Waals surface area contributed by atoms with E-state index in [-0.39, 0.29) is 17.6 Å². The van der Waals surface area contributed by atoms with E-state index in [4.69, 9.17) is 16.6 Å². The molecule has 1 aliphatic carbocycles. The van der Waals surface area contributed by atoms with E-state index >= 15 is 0 Å². The molecule has 6 nitrogen and oxygen atoms in total. The molecule has 7 heteroatoms. The fourth-order valence-electron chi connectivity index (χ4n) is 4.79. The Bertz CT molecular complexity index is 1110. The van der Waals surface area contributed by atoms with Crippen LogP contribution < -0.4 is 5.32 Å². The first kappa shape index (κ1) is 19.8. The Balaban J connectivity index is 1.57. The van der Waals surface area contributed by atoms with Crippen molar-refractivity contribution < 1.29 is 14.3 Å². The van der Waals surface area contributed by atoms with Gasteiger partial charge in [-0.25, -0.2) is 4.79 Å². The zero-order chi connectivity index (χ0) is 21.4. The number of thiocarbonyl (C=S) groups is 1. The molecule has 1 saturated heterocycles. The maximum absolute atomic E-state index is 11.7. The summed E-state index contributed by atoms with van der Waals surface area (Å²) in [6.45, 7) is 0. The van der Waals surface area contributed by atoms with Crippen molar-refractivity contribution in [2.24, 2.45) is 0 Å². The number of furan rings is 1. The number of hydrogen-bond acceptors (Lipinski definition) is 4. The minimum Gasteiger partial charge on any atom is -0.478 e. The number of rotatable bonds is 5. The molecule has 0 radical (unpaired) electrons. The van der Waals surface area contributed by atoms with Crippen molar-refractivity contribution in [1.29, 1.82) is 0 Å². The number of carboxylic acids is 1. The molecule has 0 bridgehead atoms. The van der Waals surface area contributed by atoms with Gasteiger partial charge < -0.3 is 19.7 Å². The summed E-state index contributed by atoms with van der Waals surface area (Å²) in [6.07, 6.45) is 6.37. The SMILES string of the molecule is O=C(O)c1ccccc1-c1ccc([C@H]2[C@@H](c3ccccn3)NC(=S)N2C2CCCC2)o1. The van der Waals surface area contributed by atoms with Crippen LogP contribution in [-0.4, -0.2) is 32.1 Å². The smallest absolute Gasteiger partial charge is 0.336 e. The van der Waals surface area contributed by atoms with Crippen LogP contribution in [0.4, 0.5) is 0 Å². The number of pyridine rings is 1. The summed E-state index contributed by atoms with van der Waals surface area (Å²) in [7, 11) is 0. The lowest BCUT2D eigenvalue weighted by Crippen LogP contribution is -2.37. The second-order valence-corrected chi connectivity index (χ2v) is 8.41.